The van der Waals surface area contributed by atoms with Crippen molar-refractivity contribution < 1.29 is 28.6 Å². The Morgan fingerprint density at radius 2 is 1.86 bits per heavy atom. The van der Waals surface area contributed by atoms with Gasteiger partial charge in [-0.05, 0) is 43.5 Å². The van der Waals surface area contributed by atoms with E-state index in [-0.39, 0.29) is 23.8 Å². The minimum absolute atomic E-state index is 0.106. The fourth-order valence-corrected chi connectivity index (χ4v) is 6.31. The Labute approximate surface area is 211 Å². The number of fused-ring (bicyclic) bond motifs is 1. The standard InChI is InChI=1S/C27H35N3O6/c1-34-16-6-15-30-23(25(32)29-17-7-4-3-5-8-17)27-14-13-20(36-27)21(22(27)26(30)33)24(31)28-18-9-11-19(35-2)12-10-18/h9-14,17,20-23H,3-8,15-16H2,1-2H3,(H,28,31)(H,29,32)/t20-,21-,22-,23+,27+/m1/s1. The molecule has 194 valence electrons. The summed E-state index contributed by atoms with van der Waals surface area (Å²) in [6.07, 6.45) is 8.97. The van der Waals surface area contributed by atoms with Crippen LogP contribution in [0.4, 0.5) is 5.69 Å². The van der Waals surface area contributed by atoms with Gasteiger partial charge in [0.1, 0.15) is 17.4 Å². The highest BCUT2D eigenvalue weighted by Crippen LogP contribution is 2.55. The minimum atomic E-state index is -1.14. The lowest BCUT2D eigenvalue weighted by Crippen LogP contribution is -2.56. The van der Waals surface area contributed by atoms with Gasteiger partial charge in [-0.15, -0.1) is 0 Å². The van der Waals surface area contributed by atoms with Crippen LogP contribution in [0, 0.1) is 11.8 Å². The number of amides is 3. The molecule has 36 heavy (non-hydrogen) atoms. The van der Waals surface area contributed by atoms with E-state index in [1.54, 1.807) is 43.4 Å². The summed E-state index contributed by atoms with van der Waals surface area (Å²) in [5.74, 6) is -1.49. The first-order valence-corrected chi connectivity index (χ1v) is 12.9. The van der Waals surface area contributed by atoms with Crippen LogP contribution < -0.4 is 15.4 Å². The van der Waals surface area contributed by atoms with Crippen molar-refractivity contribution in [3.8, 4) is 5.75 Å². The molecule has 1 aliphatic carbocycles. The van der Waals surface area contributed by atoms with Gasteiger partial charge in [-0.25, -0.2) is 0 Å². The third kappa shape index (κ3) is 4.28. The van der Waals surface area contributed by atoms with Crippen LogP contribution in [0.3, 0.4) is 0 Å². The molecule has 0 unspecified atom stereocenters. The van der Waals surface area contributed by atoms with Crippen molar-refractivity contribution >= 4 is 23.4 Å². The van der Waals surface area contributed by atoms with Crippen LogP contribution in [0.1, 0.15) is 38.5 Å². The monoisotopic (exact) mass is 497 g/mol. The van der Waals surface area contributed by atoms with Gasteiger partial charge in [-0.3, -0.25) is 14.4 Å². The molecule has 2 bridgehead atoms. The van der Waals surface area contributed by atoms with Gasteiger partial charge in [-0.1, -0.05) is 31.4 Å². The average Bonchev–Trinajstić information content (AvgIpc) is 3.53. The zero-order chi connectivity index (χ0) is 25.3. The maximum atomic E-state index is 13.8. The van der Waals surface area contributed by atoms with Crippen LogP contribution in [-0.4, -0.2) is 73.8 Å². The van der Waals surface area contributed by atoms with Crippen LogP contribution in [0.25, 0.3) is 0 Å². The first-order chi connectivity index (χ1) is 17.5. The fourth-order valence-electron chi connectivity index (χ4n) is 6.31. The van der Waals surface area contributed by atoms with E-state index >= 15 is 0 Å². The topological polar surface area (TPSA) is 106 Å². The van der Waals surface area contributed by atoms with E-state index in [0.717, 1.165) is 25.7 Å². The van der Waals surface area contributed by atoms with Crippen LogP contribution in [0.5, 0.6) is 5.75 Å². The molecule has 1 spiro atoms. The number of ether oxygens (including phenoxy) is 3. The molecule has 3 fully saturated rings. The maximum Gasteiger partial charge on any atom is 0.246 e. The minimum Gasteiger partial charge on any atom is -0.497 e. The predicted molar refractivity (Wildman–Crippen MR) is 132 cm³/mol. The Morgan fingerprint density at radius 3 is 2.56 bits per heavy atom. The molecule has 9 heteroatoms. The second kappa shape index (κ2) is 10.2. The number of benzene rings is 1. The predicted octanol–water partition coefficient (Wildman–Crippen LogP) is 2.27. The maximum absolute atomic E-state index is 13.8. The summed E-state index contributed by atoms with van der Waals surface area (Å²) in [6.45, 7) is 0.835. The largest absolute Gasteiger partial charge is 0.497 e. The average molecular weight is 498 g/mol. The first-order valence-electron chi connectivity index (χ1n) is 12.9. The number of methoxy groups -OCH3 is 2. The molecule has 2 saturated heterocycles. The van der Waals surface area contributed by atoms with Crippen molar-refractivity contribution in [1.29, 1.82) is 0 Å². The number of hydrogen-bond acceptors (Lipinski definition) is 6. The van der Waals surface area contributed by atoms with E-state index in [9.17, 15) is 14.4 Å². The number of rotatable bonds is 9. The molecular weight excluding hydrogens is 462 g/mol. The van der Waals surface area contributed by atoms with Gasteiger partial charge in [0.2, 0.25) is 17.7 Å². The lowest BCUT2D eigenvalue weighted by atomic mass is 9.74. The number of carbonyl (C=O) groups is 3. The Balaban J connectivity index is 1.40. The number of likely N-dealkylation sites (tertiary alicyclic amines) is 1. The number of carbonyl (C=O) groups excluding carboxylic acids is 3. The summed E-state index contributed by atoms with van der Waals surface area (Å²) in [5, 5.41) is 6.12. The smallest absolute Gasteiger partial charge is 0.246 e. The lowest BCUT2D eigenvalue weighted by Gasteiger charge is -2.34. The van der Waals surface area contributed by atoms with Crippen LogP contribution >= 0.6 is 0 Å². The van der Waals surface area contributed by atoms with Crippen molar-refractivity contribution in [3.05, 3.63) is 36.4 Å². The Morgan fingerprint density at radius 1 is 1.11 bits per heavy atom. The summed E-state index contributed by atoms with van der Waals surface area (Å²) in [4.78, 5) is 42.6. The molecule has 3 amide bonds. The van der Waals surface area contributed by atoms with Gasteiger partial charge in [0.15, 0.2) is 0 Å². The molecular formula is C27H35N3O6. The SMILES string of the molecule is COCCCN1C(=O)[C@H]2[C@H](C(=O)Nc3ccc(OC)cc3)[C@H]3C=C[C@@]2(O3)[C@@H]1C(=O)NC1CCCCC1. The summed E-state index contributed by atoms with van der Waals surface area (Å²) in [7, 11) is 3.19. The number of anilines is 1. The van der Waals surface area contributed by atoms with Gasteiger partial charge >= 0.3 is 0 Å². The van der Waals surface area contributed by atoms with Crippen molar-refractivity contribution in [2.75, 3.05) is 32.7 Å². The Bertz CT molecular complexity index is 1020. The summed E-state index contributed by atoms with van der Waals surface area (Å²) in [5.41, 5.74) is -0.536. The van der Waals surface area contributed by atoms with Gasteiger partial charge in [0.25, 0.3) is 0 Å². The molecule has 4 aliphatic rings. The van der Waals surface area contributed by atoms with E-state index < -0.39 is 29.6 Å². The molecule has 5 rings (SSSR count). The molecule has 0 radical (unpaired) electrons. The van der Waals surface area contributed by atoms with E-state index in [1.807, 2.05) is 12.2 Å². The van der Waals surface area contributed by atoms with Gasteiger partial charge in [-0.2, -0.15) is 0 Å². The lowest BCUT2D eigenvalue weighted by molar-refractivity contribution is -0.141. The van der Waals surface area contributed by atoms with Crippen molar-refractivity contribution in [3.63, 3.8) is 0 Å². The summed E-state index contributed by atoms with van der Waals surface area (Å²) in [6, 6.07) is 6.33. The quantitative estimate of drug-likeness (QED) is 0.401. The molecule has 0 aromatic heterocycles. The van der Waals surface area contributed by atoms with Crippen molar-refractivity contribution in [2.45, 2.75) is 62.3 Å². The van der Waals surface area contributed by atoms with Gasteiger partial charge in [0.05, 0.1) is 25.0 Å². The van der Waals surface area contributed by atoms with E-state index in [1.165, 1.54) is 6.42 Å². The second-order valence-corrected chi connectivity index (χ2v) is 10.1. The molecule has 3 aliphatic heterocycles. The molecule has 9 nitrogen and oxygen atoms in total. The number of nitrogens with one attached hydrogen (secondary N) is 2. The number of nitrogens with zero attached hydrogens (tertiary/aromatic N) is 1. The Kier molecular flexibility index (Phi) is 7.03. The second-order valence-electron chi connectivity index (χ2n) is 10.1. The third-order valence-corrected chi connectivity index (χ3v) is 7.98. The van der Waals surface area contributed by atoms with Crippen molar-refractivity contribution in [2.24, 2.45) is 11.8 Å². The van der Waals surface area contributed by atoms with Gasteiger partial charge in [0, 0.05) is 32.0 Å². The molecule has 1 aromatic carbocycles. The Hall–Kier alpha value is -2.91. The van der Waals surface area contributed by atoms with Crippen LogP contribution in [-0.2, 0) is 23.9 Å². The van der Waals surface area contributed by atoms with Crippen LogP contribution in [0.15, 0.2) is 36.4 Å². The molecule has 3 heterocycles. The van der Waals surface area contributed by atoms with Crippen LogP contribution in [0.2, 0.25) is 0 Å². The first kappa shape index (κ1) is 24.8. The van der Waals surface area contributed by atoms with E-state index in [4.69, 9.17) is 14.2 Å². The number of hydrogen-bond donors (Lipinski definition) is 2. The molecule has 2 N–H and O–H groups in total. The van der Waals surface area contributed by atoms with E-state index in [2.05, 4.69) is 10.6 Å². The van der Waals surface area contributed by atoms with E-state index in [0.29, 0.717) is 31.0 Å². The highest BCUT2D eigenvalue weighted by Gasteiger charge is 2.72. The molecule has 5 atom stereocenters. The molecule has 1 saturated carbocycles. The zero-order valence-corrected chi connectivity index (χ0v) is 20.9. The summed E-state index contributed by atoms with van der Waals surface area (Å²) >= 11 is 0. The fraction of sp³-hybridized carbons (Fsp3) is 0.593. The highest BCUT2D eigenvalue weighted by molar-refractivity contribution is 6.02. The van der Waals surface area contributed by atoms with Crippen molar-refractivity contribution in [1.82, 2.24) is 10.2 Å². The summed E-state index contributed by atoms with van der Waals surface area (Å²) < 4.78 is 16.8. The third-order valence-electron chi connectivity index (χ3n) is 7.98. The van der Waals surface area contributed by atoms with Gasteiger partial charge < -0.3 is 29.7 Å². The highest BCUT2D eigenvalue weighted by atomic mass is 16.5. The zero-order valence-electron chi connectivity index (χ0n) is 20.9. The molecule has 1 aromatic rings. The normalized spacial score (nSPS) is 30.9.